The molecule has 2 N–H and O–H groups in total. The first kappa shape index (κ1) is 15.9. The monoisotopic (exact) mass is 304 g/mol. The molecule has 1 saturated heterocycles. The molecule has 2 rings (SSSR count). The number of carbonyl (C=O) groups excluding carboxylic acids is 3. The molecule has 0 unspecified atom stereocenters. The van der Waals surface area contributed by atoms with Gasteiger partial charge < -0.3 is 10.6 Å². The number of carbonyl (C=O) groups is 3. The molecule has 1 aromatic rings. The lowest BCUT2D eigenvalue weighted by molar-refractivity contribution is -0.130. The van der Waals surface area contributed by atoms with Crippen LogP contribution in [0.3, 0.4) is 0 Å². The molecule has 1 aliphatic rings. The van der Waals surface area contributed by atoms with Gasteiger partial charge in [0.05, 0.1) is 0 Å². The van der Waals surface area contributed by atoms with Gasteiger partial charge in [0.2, 0.25) is 5.91 Å². The Labute approximate surface area is 129 Å². The van der Waals surface area contributed by atoms with Gasteiger partial charge in [0.1, 0.15) is 11.4 Å². The summed E-state index contributed by atoms with van der Waals surface area (Å²) in [4.78, 5) is 40.7. The molecule has 0 aromatic carbocycles. The van der Waals surface area contributed by atoms with Gasteiger partial charge in [-0.05, 0) is 38.8 Å². The molecule has 4 amide bonds. The average molecular weight is 304 g/mol. The molecule has 0 bridgehead atoms. The normalized spacial score (nSPS) is 16.6. The zero-order valence-electron chi connectivity index (χ0n) is 13.0. The lowest BCUT2D eigenvalue weighted by Gasteiger charge is -2.15. The Kier molecular flexibility index (Phi) is 4.44. The minimum absolute atomic E-state index is 0.192. The molecule has 0 radical (unpaired) electrons. The summed E-state index contributed by atoms with van der Waals surface area (Å²) >= 11 is 0. The Morgan fingerprint density at radius 3 is 2.64 bits per heavy atom. The van der Waals surface area contributed by atoms with Crippen molar-refractivity contribution in [1.82, 2.24) is 15.2 Å². The van der Waals surface area contributed by atoms with E-state index in [2.05, 4.69) is 15.6 Å². The van der Waals surface area contributed by atoms with Gasteiger partial charge in [0, 0.05) is 19.2 Å². The molecule has 0 saturated carbocycles. The zero-order chi connectivity index (χ0) is 16.3. The molecule has 1 aliphatic heterocycles. The number of hydrogen-bond donors (Lipinski definition) is 2. The SMILES string of the molecule is Cc1ccc(NC(=O)CCCN2C(=O)NC(C)(C)C2=O)nc1. The summed E-state index contributed by atoms with van der Waals surface area (Å²) < 4.78 is 0. The second-order valence-electron chi connectivity index (χ2n) is 5.88. The molecule has 0 atom stereocenters. The summed E-state index contributed by atoms with van der Waals surface area (Å²) in [6, 6.07) is 3.18. The van der Waals surface area contributed by atoms with Gasteiger partial charge in [0.15, 0.2) is 0 Å². The summed E-state index contributed by atoms with van der Waals surface area (Å²) in [5.41, 5.74) is 0.143. The van der Waals surface area contributed by atoms with E-state index < -0.39 is 11.6 Å². The summed E-state index contributed by atoms with van der Waals surface area (Å²) in [6.45, 7) is 5.45. The van der Waals surface area contributed by atoms with Gasteiger partial charge in [-0.1, -0.05) is 6.07 Å². The fourth-order valence-electron chi connectivity index (χ4n) is 2.17. The summed E-state index contributed by atoms with van der Waals surface area (Å²) in [7, 11) is 0. The Balaban J connectivity index is 1.79. The summed E-state index contributed by atoms with van der Waals surface area (Å²) in [5.74, 6) is 0.0347. The minimum atomic E-state index is -0.870. The predicted octanol–water partition coefficient (Wildman–Crippen LogP) is 1.44. The van der Waals surface area contributed by atoms with Crippen molar-refractivity contribution in [3.05, 3.63) is 23.9 Å². The molecular formula is C15H20N4O3. The number of rotatable bonds is 5. The van der Waals surface area contributed by atoms with Crippen LogP contribution < -0.4 is 10.6 Å². The molecular weight excluding hydrogens is 284 g/mol. The molecule has 7 nitrogen and oxygen atoms in total. The first-order valence-electron chi connectivity index (χ1n) is 7.16. The van der Waals surface area contributed by atoms with Crippen molar-refractivity contribution in [2.45, 2.75) is 39.2 Å². The third-order valence-corrected chi connectivity index (χ3v) is 3.41. The van der Waals surface area contributed by atoms with Gasteiger partial charge in [-0.15, -0.1) is 0 Å². The molecule has 0 spiro atoms. The van der Waals surface area contributed by atoms with Crippen LogP contribution in [0, 0.1) is 6.92 Å². The maximum Gasteiger partial charge on any atom is 0.325 e. The number of aromatic nitrogens is 1. The number of imide groups is 1. The second kappa shape index (κ2) is 6.13. The number of urea groups is 1. The molecule has 7 heteroatoms. The largest absolute Gasteiger partial charge is 0.325 e. The maximum absolute atomic E-state index is 12.0. The number of amides is 4. The lowest BCUT2D eigenvalue weighted by Crippen LogP contribution is -2.40. The highest BCUT2D eigenvalue weighted by Crippen LogP contribution is 2.17. The standard InChI is InChI=1S/C15H20N4O3/c1-10-6-7-11(16-9-10)17-12(20)5-4-8-19-13(21)15(2,3)18-14(19)22/h6-7,9H,4-5,8H2,1-3H3,(H,18,22)(H,16,17,20). The van der Waals surface area contributed by atoms with E-state index in [4.69, 9.17) is 0 Å². The van der Waals surface area contributed by atoms with Crippen molar-refractivity contribution in [1.29, 1.82) is 0 Å². The van der Waals surface area contributed by atoms with Crippen molar-refractivity contribution in [2.24, 2.45) is 0 Å². The molecule has 2 heterocycles. The number of nitrogens with zero attached hydrogens (tertiary/aromatic N) is 2. The smallest absolute Gasteiger partial charge is 0.324 e. The van der Waals surface area contributed by atoms with Crippen LogP contribution in [0.2, 0.25) is 0 Å². The predicted molar refractivity (Wildman–Crippen MR) is 81.2 cm³/mol. The highest BCUT2D eigenvalue weighted by atomic mass is 16.2. The van der Waals surface area contributed by atoms with Crippen molar-refractivity contribution >= 4 is 23.7 Å². The van der Waals surface area contributed by atoms with E-state index in [-0.39, 0.29) is 24.8 Å². The molecule has 1 aromatic heterocycles. The van der Waals surface area contributed by atoms with E-state index in [0.717, 1.165) is 10.5 Å². The average Bonchev–Trinajstić information content (AvgIpc) is 2.63. The third kappa shape index (κ3) is 3.60. The van der Waals surface area contributed by atoms with Crippen LogP contribution in [0.15, 0.2) is 18.3 Å². The Hall–Kier alpha value is -2.44. The van der Waals surface area contributed by atoms with E-state index in [0.29, 0.717) is 12.2 Å². The van der Waals surface area contributed by atoms with Crippen LogP contribution >= 0.6 is 0 Å². The van der Waals surface area contributed by atoms with E-state index in [1.165, 1.54) is 0 Å². The minimum Gasteiger partial charge on any atom is -0.324 e. The van der Waals surface area contributed by atoms with E-state index in [1.807, 2.05) is 13.0 Å². The summed E-state index contributed by atoms with van der Waals surface area (Å²) in [6.07, 6.45) is 2.30. The van der Waals surface area contributed by atoms with E-state index in [1.54, 1.807) is 26.1 Å². The Bertz CT molecular complexity index is 595. The molecule has 118 valence electrons. The van der Waals surface area contributed by atoms with Crippen LogP contribution in [-0.4, -0.2) is 39.8 Å². The zero-order valence-corrected chi connectivity index (χ0v) is 13.0. The molecule has 0 aliphatic carbocycles. The van der Waals surface area contributed by atoms with E-state index >= 15 is 0 Å². The number of nitrogens with one attached hydrogen (secondary N) is 2. The highest BCUT2D eigenvalue weighted by Gasteiger charge is 2.43. The lowest BCUT2D eigenvalue weighted by atomic mass is 10.1. The first-order valence-corrected chi connectivity index (χ1v) is 7.16. The van der Waals surface area contributed by atoms with Crippen molar-refractivity contribution in [3.8, 4) is 0 Å². The molecule has 22 heavy (non-hydrogen) atoms. The van der Waals surface area contributed by atoms with Crippen LogP contribution in [-0.2, 0) is 9.59 Å². The topological polar surface area (TPSA) is 91.4 Å². The molecule has 1 fully saturated rings. The van der Waals surface area contributed by atoms with Gasteiger partial charge >= 0.3 is 6.03 Å². The fourth-order valence-corrected chi connectivity index (χ4v) is 2.17. The van der Waals surface area contributed by atoms with Gasteiger partial charge in [0.25, 0.3) is 5.91 Å². The van der Waals surface area contributed by atoms with Crippen LogP contribution in [0.5, 0.6) is 0 Å². The Morgan fingerprint density at radius 2 is 2.09 bits per heavy atom. The number of pyridine rings is 1. The van der Waals surface area contributed by atoms with Gasteiger partial charge in [-0.25, -0.2) is 9.78 Å². The van der Waals surface area contributed by atoms with Crippen molar-refractivity contribution in [2.75, 3.05) is 11.9 Å². The van der Waals surface area contributed by atoms with Gasteiger partial charge in [-0.3, -0.25) is 14.5 Å². The third-order valence-electron chi connectivity index (χ3n) is 3.41. The van der Waals surface area contributed by atoms with E-state index in [9.17, 15) is 14.4 Å². The van der Waals surface area contributed by atoms with Crippen molar-refractivity contribution < 1.29 is 14.4 Å². The second-order valence-corrected chi connectivity index (χ2v) is 5.88. The number of hydrogen-bond acceptors (Lipinski definition) is 4. The van der Waals surface area contributed by atoms with Crippen LogP contribution in [0.25, 0.3) is 0 Å². The Morgan fingerprint density at radius 1 is 1.36 bits per heavy atom. The maximum atomic E-state index is 12.0. The van der Waals surface area contributed by atoms with Crippen molar-refractivity contribution in [3.63, 3.8) is 0 Å². The number of anilines is 1. The highest BCUT2D eigenvalue weighted by molar-refractivity contribution is 6.06. The number of aryl methyl sites for hydroxylation is 1. The van der Waals surface area contributed by atoms with Gasteiger partial charge in [-0.2, -0.15) is 0 Å². The van der Waals surface area contributed by atoms with Crippen LogP contribution in [0.4, 0.5) is 10.6 Å². The fraction of sp³-hybridized carbons (Fsp3) is 0.467. The van der Waals surface area contributed by atoms with Crippen LogP contribution in [0.1, 0.15) is 32.3 Å². The summed E-state index contributed by atoms with van der Waals surface area (Å²) in [5, 5.41) is 5.28. The first-order chi connectivity index (χ1) is 10.3. The quantitative estimate of drug-likeness (QED) is 0.805.